The van der Waals surface area contributed by atoms with Gasteiger partial charge in [-0.3, -0.25) is 9.48 Å². The molecule has 2 heterocycles. The first-order valence-electron chi connectivity index (χ1n) is 7.55. The fourth-order valence-electron chi connectivity index (χ4n) is 2.60. The van der Waals surface area contributed by atoms with E-state index in [1.54, 1.807) is 10.9 Å². The smallest absolute Gasteiger partial charge is 0.221 e. The van der Waals surface area contributed by atoms with Crippen LogP contribution in [0.4, 0.5) is 0 Å². The van der Waals surface area contributed by atoms with Crippen molar-refractivity contribution >= 4 is 15.9 Å². The molecule has 0 bridgehead atoms. The number of sulfonamides is 1. The van der Waals surface area contributed by atoms with E-state index in [2.05, 4.69) is 10.4 Å². The van der Waals surface area contributed by atoms with E-state index >= 15 is 0 Å². The van der Waals surface area contributed by atoms with Gasteiger partial charge in [-0.25, -0.2) is 12.7 Å². The van der Waals surface area contributed by atoms with Crippen LogP contribution in [-0.2, 0) is 21.4 Å². The highest BCUT2D eigenvalue weighted by Gasteiger charge is 2.24. The summed E-state index contributed by atoms with van der Waals surface area (Å²) in [4.78, 5) is 11.8. The topological polar surface area (TPSA) is 84.3 Å². The third kappa shape index (κ3) is 5.10. The molecule has 2 rings (SSSR count). The summed E-state index contributed by atoms with van der Waals surface area (Å²) >= 11 is 0. The van der Waals surface area contributed by atoms with Gasteiger partial charge in [0, 0.05) is 38.8 Å². The third-order valence-electron chi connectivity index (χ3n) is 3.96. The zero-order chi connectivity index (χ0) is 16.2. The molecule has 1 fully saturated rings. The molecule has 1 amide bonds. The van der Waals surface area contributed by atoms with Crippen LogP contribution in [0, 0.1) is 12.8 Å². The number of piperidine rings is 1. The van der Waals surface area contributed by atoms with Crippen molar-refractivity contribution in [2.24, 2.45) is 5.92 Å². The molecular weight excluding hydrogens is 304 g/mol. The van der Waals surface area contributed by atoms with Gasteiger partial charge >= 0.3 is 0 Å². The number of nitrogens with one attached hydrogen (secondary N) is 1. The summed E-state index contributed by atoms with van der Waals surface area (Å²) in [7, 11) is -3.08. The third-order valence-corrected chi connectivity index (χ3v) is 5.26. The van der Waals surface area contributed by atoms with Crippen LogP contribution >= 0.6 is 0 Å². The van der Waals surface area contributed by atoms with Crippen molar-refractivity contribution in [3.8, 4) is 0 Å². The lowest BCUT2D eigenvalue weighted by atomic mass is 9.98. The number of amides is 1. The Kier molecular flexibility index (Phi) is 5.57. The Labute approximate surface area is 131 Å². The number of aromatic nitrogens is 2. The lowest BCUT2D eigenvalue weighted by molar-refractivity contribution is -0.121. The minimum atomic E-state index is -3.08. The molecule has 0 unspecified atom stereocenters. The molecule has 7 nitrogen and oxygen atoms in total. The van der Waals surface area contributed by atoms with Crippen LogP contribution < -0.4 is 5.32 Å². The molecule has 1 saturated heterocycles. The average Bonchev–Trinajstić information content (AvgIpc) is 2.88. The lowest BCUT2D eigenvalue weighted by Gasteiger charge is -2.30. The molecule has 0 atom stereocenters. The normalized spacial score (nSPS) is 17.5. The van der Waals surface area contributed by atoms with Crippen LogP contribution in [0.25, 0.3) is 0 Å². The van der Waals surface area contributed by atoms with E-state index < -0.39 is 10.0 Å². The molecule has 22 heavy (non-hydrogen) atoms. The molecule has 0 spiro atoms. The molecule has 1 aliphatic rings. The molecule has 1 N–H and O–H groups in total. The van der Waals surface area contributed by atoms with Crippen LogP contribution in [0.15, 0.2) is 12.4 Å². The van der Waals surface area contributed by atoms with Crippen molar-refractivity contribution in [2.45, 2.75) is 32.7 Å². The monoisotopic (exact) mass is 328 g/mol. The van der Waals surface area contributed by atoms with E-state index in [4.69, 9.17) is 0 Å². The van der Waals surface area contributed by atoms with Gasteiger partial charge in [0.2, 0.25) is 15.9 Å². The first-order valence-corrected chi connectivity index (χ1v) is 9.40. The van der Waals surface area contributed by atoms with Crippen molar-refractivity contribution in [3.05, 3.63) is 18.0 Å². The average molecular weight is 328 g/mol. The molecule has 1 aromatic rings. The molecule has 8 heteroatoms. The second-order valence-electron chi connectivity index (χ2n) is 5.94. The maximum atomic E-state index is 11.8. The summed E-state index contributed by atoms with van der Waals surface area (Å²) in [5.74, 6) is 0.368. The highest BCUT2D eigenvalue weighted by molar-refractivity contribution is 7.88. The first-order chi connectivity index (χ1) is 10.3. The van der Waals surface area contributed by atoms with Gasteiger partial charge in [-0.1, -0.05) is 0 Å². The Balaban J connectivity index is 1.65. The molecule has 1 aromatic heterocycles. The number of nitrogens with zero attached hydrogens (tertiary/aromatic N) is 3. The van der Waals surface area contributed by atoms with Crippen molar-refractivity contribution in [1.82, 2.24) is 19.4 Å². The second kappa shape index (κ2) is 7.23. The van der Waals surface area contributed by atoms with E-state index in [0.29, 0.717) is 38.5 Å². The Morgan fingerprint density at radius 2 is 2.09 bits per heavy atom. The van der Waals surface area contributed by atoms with E-state index in [-0.39, 0.29) is 5.91 Å². The number of hydrogen-bond donors (Lipinski definition) is 1. The standard InChI is InChI=1S/C14H24N4O3S/c1-12-9-16-17(11-12)6-5-14(19)15-10-13-3-7-18(8-4-13)22(2,20)21/h9,11,13H,3-8,10H2,1-2H3,(H,15,19). The largest absolute Gasteiger partial charge is 0.356 e. The summed E-state index contributed by atoms with van der Waals surface area (Å²) in [5, 5.41) is 7.08. The van der Waals surface area contributed by atoms with Crippen LogP contribution in [0.5, 0.6) is 0 Å². The van der Waals surface area contributed by atoms with E-state index in [1.165, 1.54) is 10.6 Å². The van der Waals surface area contributed by atoms with Gasteiger partial charge < -0.3 is 5.32 Å². The van der Waals surface area contributed by atoms with Crippen molar-refractivity contribution in [1.29, 1.82) is 0 Å². The van der Waals surface area contributed by atoms with E-state index in [9.17, 15) is 13.2 Å². The summed E-state index contributed by atoms with van der Waals surface area (Å²) in [6.45, 7) is 4.26. The molecule has 0 aliphatic carbocycles. The fourth-order valence-corrected chi connectivity index (χ4v) is 3.47. The van der Waals surface area contributed by atoms with Gasteiger partial charge in [-0.05, 0) is 31.2 Å². The van der Waals surface area contributed by atoms with Gasteiger partial charge in [-0.15, -0.1) is 0 Å². The molecule has 1 aliphatic heterocycles. The number of aryl methyl sites for hydroxylation is 2. The Morgan fingerprint density at radius 1 is 1.41 bits per heavy atom. The minimum absolute atomic E-state index is 0.0127. The van der Waals surface area contributed by atoms with Gasteiger partial charge in [0.15, 0.2) is 0 Å². The lowest BCUT2D eigenvalue weighted by Crippen LogP contribution is -2.41. The SMILES string of the molecule is Cc1cnn(CCC(=O)NCC2CCN(S(C)(=O)=O)CC2)c1. The van der Waals surface area contributed by atoms with Crippen LogP contribution in [0.3, 0.4) is 0 Å². The van der Waals surface area contributed by atoms with E-state index in [1.807, 2.05) is 13.1 Å². The minimum Gasteiger partial charge on any atom is -0.356 e. The quantitative estimate of drug-likeness (QED) is 0.818. The molecular formula is C14H24N4O3S. The highest BCUT2D eigenvalue weighted by Crippen LogP contribution is 2.18. The van der Waals surface area contributed by atoms with Crippen molar-refractivity contribution in [3.63, 3.8) is 0 Å². The maximum absolute atomic E-state index is 11.8. The van der Waals surface area contributed by atoms with Crippen molar-refractivity contribution in [2.75, 3.05) is 25.9 Å². The molecule has 0 aromatic carbocycles. The predicted molar refractivity (Wildman–Crippen MR) is 83.7 cm³/mol. The van der Waals surface area contributed by atoms with E-state index in [0.717, 1.165) is 18.4 Å². The first kappa shape index (κ1) is 17.0. The van der Waals surface area contributed by atoms with Gasteiger partial charge in [0.1, 0.15) is 0 Å². The molecule has 124 valence electrons. The van der Waals surface area contributed by atoms with Gasteiger partial charge in [0.05, 0.1) is 12.5 Å². The summed E-state index contributed by atoms with van der Waals surface area (Å²) in [6.07, 6.45) is 6.93. The zero-order valence-corrected chi connectivity index (χ0v) is 14.0. The molecule has 0 saturated carbocycles. The number of rotatable bonds is 6. The fraction of sp³-hybridized carbons (Fsp3) is 0.714. The Hall–Kier alpha value is -1.41. The van der Waals surface area contributed by atoms with Crippen LogP contribution in [0.2, 0.25) is 0 Å². The number of carbonyl (C=O) groups excluding carboxylic acids is 1. The summed E-state index contributed by atoms with van der Waals surface area (Å²) < 4.78 is 26.1. The van der Waals surface area contributed by atoms with Gasteiger partial charge in [0.25, 0.3) is 0 Å². The van der Waals surface area contributed by atoms with Crippen LogP contribution in [-0.4, -0.2) is 54.3 Å². The summed E-state index contributed by atoms with van der Waals surface area (Å²) in [5.41, 5.74) is 1.08. The Morgan fingerprint density at radius 3 is 2.64 bits per heavy atom. The Bertz CT molecular complexity index is 603. The highest BCUT2D eigenvalue weighted by atomic mass is 32.2. The number of carbonyl (C=O) groups is 1. The summed E-state index contributed by atoms with van der Waals surface area (Å²) in [6, 6.07) is 0. The van der Waals surface area contributed by atoms with Gasteiger partial charge in [-0.2, -0.15) is 5.10 Å². The van der Waals surface area contributed by atoms with Crippen molar-refractivity contribution < 1.29 is 13.2 Å². The predicted octanol–water partition coefficient (Wildman–Crippen LogP) is 0.369. The molecule has 0 radical (unpaired) electrons. The second-order valence-corrected chi connectivity index (χ2v) is 7.92. The van der Waals surface area contributed by atoms with Crippen LogP contribution in [0.1, 0.15) is 24.8 Å². The zero-order valence-electron chi connectivity index (χ0n) is 13.2. The maximum Gasteiger partial charge on any atom is 0.221 e. The number of hydrogen-bond acceptors (Lipinski definition) is 4.